The standard InChI is InChI=1S/C16H31NO2/c1-4-10-18-16-14(17-5-2)11-15(16)19-13-8-6-12(3)7-9-13/h12-17H,4-11H2,1-3H3. The molecule has 2 rings (SSSR count). The molecular weight excluding hydrogens is 238 g/mol. The van der Waals surface area contributed by atoms with Gasteiger partial charge in [-0.3, -0.25) is 0 Å². The lowest BCUT2D eigenvalue weighted by Gasteiger charge is -2.46. The van der Waals surface area contributed by atoms with Crippen LogP contribution < -0.4 is 5.32 Å². The average Bonchev–Trinajstić information content (AvgIpc) is 2.40. The van der Waals surface area contributed by atoms with Gasteiger partial charge in [0.2, 0.25) is 0 Å². The molecular formula is C16H31NO2. The van der Waals surface area contributed by atoms with Gasteiger partial charge in [0.25, 0.3) is 0 Å². The number of hydrogen-bond acceptors (Lipinski definition) is 3. The Labute approximate surface area is 118 Å². The summed E-state index contributed by atoms with van der Waals surface area (Å²) in [6, 6.07) is 0.504. The Balaban J connectivity index is 1.75. The van der Waals surface area contributed by atoms with Crippen LogP contribution in [0.15, 0.2) is 0 Å². The summed E-state index contributed by atoms with van der Waals surface area (Å²) < 4.78 is 12.3. The van der Waals surface area contributed by atoms with Crippen LogP contribution in [0, 0.1) is 5.92 Å². The van der Waals surface area contributed by atoms with Crippen molar-refractivity contribution in [2.24, 2.45) is 5.92 Å². The van der Waals surface area contributed by atoms with Gasteiger partial charge in [0.1, 0.15) is 0 Å². The van der Waals surface area contributed by atoms with Crippen LogP contribution in [-0.4, -0.2) is 37.5 Å². The smallest absolute Gasteiger partial charge is 0.0990 e. The van der Waals surface area contributed by atoms with E-state index in [-0.39, 0.29) is 6.10 Å². The largest absolute Gasteiger partial charge is 0.374 e. The maximum absolute atomic E-state index is 6.30. The van der Waals surface area contributed by atoms with E-state index in [1.807, 2.05) is 0 Å². The van der Waals surface area contributed by atoms with Crippen LogP contribution >= 0.6 is 0 Å². The molecule has 2 aliphatic rings. The first-order valence-electron chi connectivity index (χ1n) is 8.25. The average molecular weight is 269 g/mol. The highest BCUT2D eigenvalue weighted by Gasteiger charge is 2.43. The predicted octanol–water partition coefficient (Wildman–Crippen LogP) is 3.13. The highest BCUT2D eigenvalue weighted by atomic mass is 16.6. The Morgan fingerprint density at radius 1 is 1.11 bits per heavy atom. The third-order valence-electron chi connectivity index (χ3n) is 4.56. The van der Waals surface area contributed by atoms with Crippen molar-refractivity contribution >= 4 is 0 Å². The summed E-state index contributed by atoms with van der Waals surface area (Å²) in [6.45, 7) is 8.55. The van der Waals surface area contributed by atoms with Crippen LogP contribution in [0.5, 0.6) is 0 Å². The molecule has 3 atom stereocenters. The van der Waals surface area contributed by atoms with Gasteiger partial charge in [0, 0.05) is 12.6 Å². The van der Waals surface area contributed by atoms with Crippen LogP contribution in [0.3, 0.4) is 0 Å². The minimum Gasteiger partial charge on any atom is -0.374 e. The van der Waals surface area contributed by atoms with Crippen molar-refractivity contribution in [3.05, 3.63) is 0 Å². The first-order chi connectivity index (χ1) is 9.24. The Morgan fingerprint density at radius 2 is 1.84 bits per heavy atom. The van der Waals surface area contributed by atoms with E-state index in [0.717, 1.165) is 31.9 Å². The Hall–Kier alpha value is -0.120. The van der Waals surface area contributed by atoms with Crippen LogP contribution in [0.4, 0.5) is 0 Å². The van der Waals surface area contributed by atoms with Crippen molar-refractivity contribution < 1.29 is 9.47 Å². The maximum atomic E-state index is 6.30. The van der Waals surface area contributed by atoms with Crippen molar-refractivity contribution in [1.29, 1.82) is 0 Å². The molecule has 2 aliphatic carbocycles. The van der Waals surface area contributed by atoms with Crippen molar-refractivity contribution in [2.45, 2.75) is 83.6 Å². The van der Waals surface area contributed by atoms with Crippen molar-refractivity contribution in [3.8, 4) is 0 Å². The molecule has 3 nitrogen and oxygen atoms in total. The number of nitrogens with one attached hydrogen (secondary N) is 1. The van der Waals surface area contributed by atoms with Crippen LogP contribution in [0.25, 0.3) is 0 Å². The minimum atomic E-state index is 0.277. The lowest BCUT2D eigenvalue weighted by atomic mass is 9.83. The maximum Gasteiger partial charge on any atom is 0.0990 e. The molecule has 0 aliphatic heterocycles. The summed E-state index contributed by atoms with van der Waals surface area (Å²) in [5, 5.41) is 3.51. The number of hydrogen-bond donors (Lipinski definition) is 1. The van der Waals surface area contributed by atoms with Gasteiger partial charge in [-0.25, -0.2) is 0 Å². The van der Waals surface area contributed by atoms with Gasteiger partial charge in [-0.1, -0.05) is 20.8 Å². The Morgan fingerprint density at radius 3 is 2.47 bits per heavy atom. The third-order valence-corrected chi connectivity index (χ3v) is 4.56. The van der Waals surface area contributed by atoms with Crippen LogP contribution in [-0.2, 0) is 9.47 Å². The third kappa shape index (κ3) is 4.17. The fourth-order valence-corrected chi connectivity index (χ4v) is 3.27. The molecule has 0 aromatic rings. The zero-order valence-electron chi connectivity index (χ0n) is 12.9. The van der Waals surface area contributed by atoms with Gasteiger partial charge < -0.3 is 14.8 Å². The van der Waals surface area contributed by atoms with E-state index in [9.17, 15) is 0 Å². The van der Waals surface area contributed by atoms with E-state index in [0.29, 0.717) is 18.2 Å². The molecule has 0 aromatic heterocycles. The summed E-state index contributed by atoms with van der Waals surface area (Å²) in [5.41, 5.74) is 0. The Bertz CT molecular complexity index is 251. The molecule has 2 saturated carbocycles. The van der Waals surface area contributed by atoms with Crippen molar-refractivity contribution in [3.63, 3.8) is 0 Å². The normalized spacial score (nSPS) is 39.0. The highest BCUT2D eigenvalue weighted by Crippen LogP contribution is 2.33. The Kier molecular flexibility index (Phi) is 6.11. The fourth-order valence-electron chi connectivity index (χ4n) is 3.27. The monoisotopic (exact) mass is 269 g/mol. The summed E-state index contributed by atoms with van der Waals surface area (Å²) >= 11 is 0. The molecule has 19 heavy (non-hydrogen) atoms. The molecule has 0 bridgehead atoms. The van der Waals surface area contributed by atoms with Crippen LogP contribution in [0.1, 0.15) is 59.3 Å². The number of rotatable bonds is 7. The van der Waals surface area contributed by atoms with Crippen molar-refractivity contribution in [2.75, 3.05) is 13.2 Å². The fraction of sp³-hybridized carbons (Fsp3) is 1.00. The quantitative estimate of drug-likeness (QED) is 0.770. The molecule has 112 valence electrons. The second-order valence-electron chi connectivity index (χ2n) is 6.29. The van der Waals surface area contributed by atoms with Gasteiger partial charge in [0.05, 0.1) is 18.3 Å². The highest BCUT2D eigenvalue weighted by molar-refractivity contribution is 4.97. The molecule has 0 saturated heterocycles. The van der Waals surface area contributed by atoms with Gasteiger partial charge >= 0.3 is 0 Å². The second kappa shape index (κ2) is 7.61. The molecule has 0 spiro atoms. The van der Waals surface area contributed by atoms with Crippen molar-refractivity contribution in [1.82, 2.24) is 5.32 Å². The van der Waals surface area contributed by atoms with E-state index in [1.54, 1.807) is 0 Å². The molecule has 0 heterocycles. The van der Waals surface area contributed by atoms with E-state index in [2.05, 4.69) is 26.1 Å². The van der Waals surface area contributed by atoms with Gasteiger partial charge in [0.15, 0.2) is 0 Å². The number of likely N-dealkylation sites (N-methyl/N-ethyl adjacent to an activating group) is 1. The minimum absolute atomic E-state index is 0.277. The molecule has 3 heteroatoms. The van der Waals surface area contributed by atoms with Gasteiger partial charge in [-0.15, -0.1) is 0 Å². The summed E-state index contributed by atoms with van der Waals surface area (Å²) in [5.74, 6) is 0.892. The van der Waals surface area contributed by atoms with Crippen LogP contribution in [0.2, 0.25) is 0 Å². The summed E-state index contributed by atoms with van der Waals surface area (Å²) in [7, 11) is 0. The first-order valence-corrected chi connectivity index (χ1v) is 8.25. The lowest BCUT2D eigenvalue weighted by Crippen LogP contribution is -2.61. The molecule has 0 radical (unpaired) electrons. The molecule has 3 unspecified atom stereocenters. The molecule has 0 aromatic carbocycles. The zero-order valence-corrected chi connectivity index (χ0v) is 12.9. The lowest BCUT2D eigenvalue weighted by molar-refractivity contribution is -0.173. The molecule has 2 fully saturated rings. The predicted molar refractivity (Wildman–Crippen MR) is 78.4 cm³/mol. The molecule has 0 amide bonds. The first kappa shape index (κ1) is 15.3. The summed E-state index contributed by atoms with van der Waals surface area (Å²) in [6.07, 6.45) is 8.43. The van der Waals surface area contributed by atoms with E-state index in [1.165, 1.54) is 25.7 Å². The second-order valence-corrected chi connectivity index (χ2v) is 6.29. The number of ether oxygens (including phenoxy) is 2. The van der Waals surface area contributed by atoms with E-state index >= 15 is 0 Å². The van der Waals surface area contributed by atoms with Gasteiger partial charge in [-0.2, -0.15) is 0 Å². The summed E-state index contributed by atoms with van der Waals surface area (Å²) in [4.78, 5) is 0. The molecule has 1 N–H and O–H groups in total. The van der Waals surface area contributed by atoms with E-state index < -0.39 is 0 Å². The van der Waals surface area contributed by atoms with Gasteiger partial charge in [-0.05, 0) is 51.0 Å². The zero-order chi connectivity index (χ0) is 13.7. The SMILES string of the molecule is CCCOC1C(NCC)CC1OC1CCC(C)CC1. The topological polar surface area (TPSA) is 30.5 Å². The van der Waals surface area contributed by atoms with E-state index in [4.69, 9.17) is 9.47 Å².